The Bertz CT molecular complexity index is 655. The fourth-order valence-electron chi connectivity index (χ4n) is 1.82. The summed E-state index contributed by atoms with van der Waals surface area (Å²) in [6, 6.07) is 9.28. The first kappa shape index (κ1) is 16.0. The molecule has 2 aromatic rings. The van der Waals surface area contributed by atoms with E-state index in [2.05, 4.69) is 10.3 Å². The predicted octanol–water partition coefficient (Wildman–Crippen LogP) is 3.54. The summed E-state index contributed by atoms with van der Waals surface area (Å²) in [6.45, 7) is 2.10. The summed E-state index contributed by atoms with van der Waals surface area (Å²) in [4.78, 5) is 27.4. The van der Waals surface area contributed by atoms with Crippen molar-refractivity contribution in [2.24, 2.45) is 0 Å². The summed E-state index contributed by atoms with van der Waals surface area (Å²) in [5.41, 5.74) is 0.861. The molecular weight excluding hydrogens is 304 g/mol. The van der Waals surface area contributed by atoms with Crippen LogP contribution in [0.3, 0.4) is 0 Å². The summed E-state index contributed by atoms with van der Waals surface area (Å²) in [7, 11) is 0. The molecule has 0 spiro atoms. The molecule has 0 aliphatic rings. The summed E-state index contributed by atoms with van der Waals surface area (Å²) in [6.07, 6.45) is 0.762. The molecule has 1 heterocycles. The second kappa shape index (κ2) is 7.56. The van der Waals surface area contributed by atoms with Crippen molar-refractivity contribution in [3.05, 3.63) is 46.5 Å². The van der Waals surface area contributed by atoms with Gasteiger partial charge in [-0.1, -0.05) is 43.7 Å². The monoisotopic (exact) mass is 320 g/mol. The molecule has 0 unspecified atom stereocenters. The number of amides is 1. The summed E-state index contributed by atoms with van der Waals surface area (Å²) in [5, 5.41) is 11.8. The highest BCUT2D eigenvalue weighted by Gasteiger charge is 2.18. The van der Waals surface area contributed by atoms with Crippen molar-refractivity contribution in [3.8, 4) is 0 Å². The quantitative estimate of drug-likeness (QED) is 0.850. The first-order chi connectivity index (χ1) is 10.6. The molecule has 0 fully saturated rings. The third-order valence-electron chi connectivity index (χ3n) is 2.80. The van der Waals surface area contributed by atoms with E-state index in [0.717, 1.165) is 23.3 Å². The molecule has 22 heavy (non-hydrogen) atoms. The van der Waals surface area contributed by atoms with Gasteiger partial charge in [0, 0.05) is 4.88 Å². The van der Waals surface area contributed by atoms with Crippen molar-refractivity contribution in [1.82, 2.24) is 4.98 Å². The van der Waals surface area contributed by atoms with Crippen LogP contribution in [0, 0.1) is 0 Å². The van der Waals surface area contributed by atoms with Crippen LogP contribution >= 0.6 is 11.3 Å². The van der Waals surface area contributed by atoms with E-state index in [1.165, 1.54) is 0 Å². The topological polar surface area (TPSA) is 88.5 Å². The Hall–Kier alpha value is -2.41. The Morgan fingerprint density at radius 2 is 2.05 bits per heavy atom. The number of thiazole rings is 1. The number of aromatic nitrogens is 1. The van der Waals surface area contributed by atoms with Crippen molar-refractivity contribution in [1.29, 1.82) is 0 Å². The Morgan fingerprint density at radius 1 is 1.32 bits per heavy atom. The molecule has 1 aromatic carbocycles. The number of hydrogen-bond acceptors (Lipinski definition) is 5. The molecule has 0 aliphatic carbocycles. The molecule has 0 atom stereocenters. The Morgan fingerprint density at radius 3 is 2.68 bits per heavy atom. The van der Waals surface area contributed by atoms with Gasteiger partial charge in [0.2, 0.25) is 0 Å². The average molecular weight is 320 g/mol. The SMILES string of the molecule is CCCc1sc(NC(=O)OCc2ccccc2)nc1C(=O)O. The second-order valence-electron chi connectivity index (χ2n) is 4.53. The van der Waals surface area contributed by atoms with Crippen LogP contribution in [0.15, 0.2) is 30.3 Å². The Labute approximate surface area is 131 Å². The van der Waals surface area contributed by atoms with Crippen LogP contribution in [0.4, 0.5) is 9.93 Å². The maximum absolute atomic E-state index is 11.7. The molecule has 1 aromatic heterocycles. The lowest BCUT2D eigenvalue weighted by Gasteiger charge is -2.04. The van der Waals surface area contributed by atoms with Crippen LogP contribution in [-0.4, -0.2) is 22.2 Å². The highest BCUT2D eigenvalue weighted by atomic mass is 32.1. The first-order valence-corrected chi connectivity index (χ1v) is 7.62. The smallest absolute Gasteiger partial charge is 0.413 e. The van der Waals surface area contributed by atoms with Crippen LogP contribution < -0.4 is 5.32 Å². The van der Waals surface area contributed by atoms with E-state index in [1.54, 1.807) is 0 Å². The number of nitrogens with zero attached hydrogens (tertiary/aromatic N) is 1. The molecule has 6 nitrogen and oxygen atoms in total. The number of carbonyl (C=O) groups is 2. The number of aryl methyl sites for hydroxylation is 1. The molecule has 2 N–H and O–H groups in total. The normalized spacial score (nSPS) is 10.2. The maximum Gasteiger partial charge on any atom is 0.413 e. The number of ether oxygens (including phenoxy) is 1. The number of carboxylic acids is 1. The van der Waals surface area contributed by atoms with Crippen molar-refractivity contribution in [2.45, 2.75) is 26.4 Å². The van der Waals surface area contributed by atoms with Crippen LogP contribution in [-0.2, 0) is 17.8 Å². The summed E-state index contributed by atoms with van der Waals surface area (Å²) < 4.78 is 5.07. The van der Waals surface area contributed by atoms with Gasteiger partial charge < -0.3 is 9.84 Å². The zero-order valence-electron chi connectivity index (χ0n) is 12.0. The highest BCUT2D eigenvalue weighted by Crippen LogP contribution is 2.24. The zero-order valence-corrected chi connectivity index (χ0v) is 12.9. The molecular formula is C15H16N2O4S. The van der Waals surface area contributed by atoms with Crippen molar-refractivity contribution in [2.75, 3.05) is 5.32 Å². The minimum atomic E-state index is -1.09. The molecule has 2 rings (SSSR count). The number of nitrogens with one attached hydrogen (secondary N) is 1. The lowest BCUT2D eigenvalue weighted by Crippen LogP contribution is -2.13. The van der Waals surface area contributed by atoms with Crippen LogP contribution in [0.1, 0.15) is 34.3 Å². The van der Waals surface area contributed by atoms with Crippen LogP contribution in [0.25, 0.3) is 0 Å². The third-order valence-corrected chi connectivity index (χ3v) is 3.83. The van der Waals surface area contributed by atoms with Gasteiger partial charge in [-0.15, -0.1) is 11.3 Å². The second-order valence-corrected chi connectivity index (χ2v) is 5.62. The number of benzene rings is 1. The minimum absolute atomic E-state index is 0.00907. The number of anilines is 1. The standard InChI is InChI=1S/C15H16N2O4S/c1-2-6-11-12(13(18)19)16-14(22-11)17-15(20)21-9-10-7-4-3-5-8-10/h3-5,7-8H,2,6,9H2,1H3,(H,18,19)(H,16,17,20). The lowest BCUT2D eigenvalue weighted by atomic mass is 10.2. The molecule has 0 bridgehead atoms. The van der Waals surface area contributed by atoms with Crippen molar-refractivity contribution >= 4 is 28.5 Å². The molecule has 0 saturated carbocycles. The van der Waals surface area contributed by atoms with Gasteiger partial charge in [-0.25, -0.2) is 14.6 Å². The van der Waals surface area contributed by atoms with E-state index in [1.807, 2.05) is 37.3 Å². The highest BCUT2D eigenvalue weighted by molar-refractivity contribution is 7.16. The molecule has 0 radical (unpaired) electrons. The number of aromatic carboxylic acids is 1. The van der Waals surface area contributed by atoms with E-state index in [4.69, 9.17) is 9.84 Å². The van der Waals surface area contributed by atoms with E-state index < -0.39 is 12.1 Å². The van der Waals surface area contributed by atoms with Gasteiger partial charge in [-0.3, -0.25) is 5.32 Å². The maximum atomic E-state index is 11.7. The number of hydrogen-bond donors (Lipinski definition) is 2. The van der Waals surface area contributed by atoms with Gasteiger partial charge in [0.25, 0.3) is 0 Å². The lowest BCUT2D eigenvalue weighted by molar-refractivity contribution is 0.0690. The van der Waals surface area contributed by atoms with E-state index in [9.17, 15) is 9.59 Å². The third kappa shape index (κ3) is 4.29. The van der Waals surface area contributed by atoms with Crippen LogP contribution in [0.2, 0.25) is 0 Å². The van der Waals surface area contributed by atoms with Gasteiger partial charge in [-0.05, 0) is 12.0 Å². The summed E-state index contributed by atoms with van der Waals surface area (Å²) >= 11 is 1.16. The van der Waals surface area contributed by atoms with Gasteiger partial charge in [0.05, 0.1) is 0 Å². The molecule has 0 aliphatic heterocycles. The molecule has 1 amide bonds. The van der Waals surface area contributed by atoms with Crippen molar-refractivity contribution < 1.29 is 19.4 Å². The van der Waals surface area contributed by atoms with Gasteiger partial charge in [-0.2, -0.15) is 0 Å². The van der Waals surface area contributed by atoms with Crippen LogP contribution in [0.5, 0.6) is 0 Å². The van der Waals surface area contributed by atoms with Gasteiger partial charge in [0.15, 0.2) is 10.8 Å². The fourth-order valence-corrected chi connectivity index (χ4v) is 2.86. The number of carbonyl (C=O) groups excluding carboxylic acids is 1. The van der Waals surface area contributed by atoms with Gasteiger partial charge in [0.1, 0.15) is 6.61 Å². The summed E-state index contributed by atoms with van der Waals surface area (Å²) in [5.74, 6) is -1.09. The molecule has 7 heteroatoms. The fraction of sp³-hybridized carbons (Fsp3) is 0.267. The zero-order chi connectivity index (χ0) is 15.9. The number of carboxylic acid groups (broad SMARTS) is 1. The Kier molecular flexibility index (Phi) is 5.48. The van der Waals surface area contributed by atoms with E-state index in [-0.39, 0.29) is 17.4 Å². The van der Waals surface area contributed by atoms with Gasteiger partial charge >= 0.3 is 12.1 Å². The minimum Gasteiger partial charge on any atom is -0.476 e. The number of rotatable bonds is 6. The Balaban J connectivity index is 1.96. The largest absolute Gasteiger partial charge is 0.476 e. The van der Waals surface area contributed by atoms with E-state index in [0.29, 0.717) is 11.3 Å². The first-order valence-electron chi connectivity index (χ1n) is 6.81. The van der Waals surface area contributed by atoms with E-state index >= 15 is 0 Å². The van der Waals surface area contributed by atoms with Crippen molar-refractivity contribution in [3.63, 3.8) is 0 Å². The average Bonchev–Trinajstić information content (AvgIpc) is 2.89. The predicted molar refractivity (Wildman–Crippen MR) is 83.3 cm³/mol. The molecule has 0 saturated heterocycles. The molecule has 116 valence electrons.